The summed E-state index contributed by atoms with van der Waals surface area (Å²) in [5, 5.41) is 0. The number of aromatic nitrogens is 4. The maximum Gasteiger partial charge on any atom is 0.239 e. The molecule has 1 fully saturated rings. The fourth-order valence-corrected chi connectivity index (χ4v) is 7.65. The molecule has 60 heavy (non-hydrogen) atoms. The third-order valence-corrected chi connectivity index (χ3v) is 12.5. The Kier molecular flexibility index (Phi) is 14.4. The first kappa shape index (κ1) is 45.7. The summed E-state index contributed by atoms with van der Waals surface area (Å²) in [6.07, 6.45) is 15.9. The highest BCUT2D eigenvalue weighted by molar-refractivity contribution is 7.92. The predicted octanol–water partition coefficient (Wildman–Crippen LogP) is 9.28. The van der Waals surface area contributed by atoms with Crippen molar-refractivity contribution in [3.8, 4) is 22.5 Å². The van der Waals surface area contributed by atoms with Gasteiger partial charge in [-0.05, 0) is 79.1 Å². The molecule has 0 saturated heterocycles. The third-order valence-electron chi connectivity index (χ3n) is 10.2. The van der Waals surface area contributed by atoms with Gasteiger partial charge in [-0.2, -0.15) is 0 Å². The van der Waals surface area contributed by atoms with Crippen molar-refractivity contribution < 1.29 is 30.4 Å². The van der Waals surface area contributed by atoms with Gasteiger partial charge < -0.3 is 0 Å². The van der Waals surface area contributed by atoms with Gasteiger partial charge in [-0.1, -0.05) is 83.9 Å². The van der Waals surface area contributed by atoms with Gasteiger partial charge in [0.15, 0.2) is 5.78 Å². The van der Waals surface area contributed by atoms with E-state index in [1.165, 1.54) is 38.4 Å². The molecular formula is C45H52F2N6O5S2. The monoisotopic (exact) mass is 858 g/mol. The van der Waals surface area contributed by atoms with E-state index in [1.807, 2.05) is 27.7 Å². The molecule has 1 aliphatic rings. The number of allylic oxidation sites excluding steroid dienone is 6. The second-order valence-corrected chi connectivity index (χ2v) is 19.6. The van der Waals surface area contributed by atoms with Crippen molar-refractivity contribution in [3.63, 3.8) is 0 Å². The van der Waals surface area contributed by atoms with Gasteiger partial charge in [0, 0.05) is 47.5 Å². The maximum absolute atomic E-state index is 14.1. The summed E-state index contributed by atoms with van der Waals surface area (Å²) < 4.78 is 80.0. The SMILES string of the molecule is CCCC1CC(=CC=Cc2c(-c3ccc(F)cc3)nc(N(C)S(C)(=O)=O)nc2C(C)C)C(=O)C(=CC=Cc2c(-c3ccc(F)cc3)nc(N(C)S(C)(=O)=O)nc2C(C)C)C1. The molecule has 1 aliphatic carbocycles. The number of nitrogens with zero attached hydrogens (tertiary/aromatic N) is 6. The van der Waals surface area contributed by atoms with E-state index in [9.17, 15) is 30.4 Å². The first-order valence-electron chi connectivity index (χ1n) is 19.7. The highest BCUT2D eigenvalue weighted by Gasteiger charge is 2.28. The van der Waals surface area contributed by atoms with Gasteiger partial charge in [0.25, 0.3) is 0 Å². The number of rotatable bonds is 14. The van der Waals surface area contributed by atoms with Crippen LogP contribution in [0.2, 0.25) is 0 Å². The number of sulfonamides is 2. The molecule has 2 heterocycles. The highest BCUT2D eigenvalue weighted by Crippen LogP contribution is 2.36. The number of halogens is 2. The van der Waals surface area contributed by atoms with Crippen LogP contribution in [0.25, 0.3) is 34.7 Å². The summed E-state index contributed by atoms with van der Waals surface area (Å²) in [5.74, 6) is -1.10. The summed E-state index contributed by atoms with van der Waals surface area (Å²) in [6, 6.07) is 11.6. The minimum Gasteiger partial charge on any atom is -0.289 e. The van der Waals surface area contributed by atoms with Gasteiger partial charge in [-0.15, -0.1) is 0 Å². The maximum atomic E-state index is 14.1. The molecule has 0 N–H and O–H groups in total. The van der Waals surface area contributed by atoms with Crippen LogP contribution in [-0.4, -0.2) is 69.2 Å². The Morgan fingerprint density at radius 1 is 0.667 bits per heavy atom. The topological polar surface area (TPSA) is 143 Å². The molecule has 0 radical (unpaired) electrons. The number of Topliss-reactive ketones (excluding diaryl/α,β-unsaturated/α-hetero) is 1. The zero-order valence-corrected chi connectivity index (χ0v) is 37.1. The van der Waals surface area contributed by atoms with E-state index in [0.29, 0.717) is 69.0 Å². The van der Waals surface area contributed by atoms with Gasteiger partial charge in [0.2, 0.25) is 31.9 Å². The van der Waals surface area contributed by atoms with Gasteiger partial charge in [0.05, 0.1) is 35.3 Å². The summed E-state index contributed by atoms with van der Waals surface area (Å²) in [7, 11) is -4.63. The van der Waals surface area contributed by atoms with Crippen LogP contribution in [0.3, 0.4) is 0 Å². The molecule has 15 heteroatoms. The van der Waals surface area contributed by atoms with Gasteiger partial charge in [-0.3, -0.25) is 4.79 Å². The van der Waals surface area contributed by atoms with Crippen LogP contribution < -0.4 is 8.61 Å². The van der Waals surface area contributed by atoms with E-state index < -0.39 is 31.7 Å². The van der Waals surface area contributed by atoms with Crippen LogP contribution in [0.15, 0.2) is 84.0 Å². The quantitative estimate of drug-likeness (QED) is 0.113. The molecule has 0 atom stereocenters. The molecule has 0 unspecified atom stereocenters. The van der Waals surface area contributed by atoms with Crippen LogP contribution in [0.4, 0.5) is 20.7 Å². The fraction of sp³-hybridized carbons (Fsp3) is 0.356. The summed E-state index contributed by atoms with van der Waals surface area (Å²) in [5.41, 5.74) is 5.57. The molecule has 0 amide bonds. The standard InChI is InChI=1S/C45H52F2N6O5S2/c1-10-13-30-26-33(14-11-16-37-39(28(2)3)48-44(52(6)59(8,55)56)50-41(37)31-18-22-35(46)23-19-31)43(54)34(27-30)15-12-17-38-40(29(4)5)49-45(53(7)60(9,57)58)51-42(38)32-20-24-36(47)25-21-32/h11-12,14-25,28-30H,10,13,26-27H2,1-9H3. The number of hydrogen-bond donors (Lipinski definition) is 0. The van der Waals surface area contributed by atoms with E-state index >= 15 is 0 Å². The second kappa shape index (κ2) is 18.9. The minimum absolute atomic E-state index is 0.0159. The zero-order valence-electron chi connectivity index (χ0n) is 35.4. The van der Waals surface area contributed by atoms with Crippen LogP contribution >= 0.6 is 0 Å². The predicted molar refractivity (Wildman–Crippen MR) is 236 cm³/mol. The number of carbonyl (C=O) groups excluding carboxylic acids is 1. The average Bonchev–Trinajstić information content (AvgIpc) is 3.18. The van der Waals surface area contributed by atoms with E-state index in [1.54, 1.807) is 60.7 Å². The zero-order chi connectivity index (χ0) is 44.1. The smallest absolute Gasteiger partial charge is 0.239 e. The van der Waals surface area contributed by atoms with Crippen molar-refractivity contribution in [2.75, 3.05) is 35.2 Å². The first-order valence-corrected chi connectivity index (χ1v) is 23.4. The number of anilines is 2. The Labute approximate surface area is 352 Å². The molecule has 5 rings (SSSR count). The minimum atomic E-state index is -3.69. The fourth-order valence-electron chi connectivity index (χ4n) is 6.90. The molecule has 4 aromatic rings. The molecular weight excluding hydrogens is 807 g/mol. The van der Waals surface area contributed by atoms with Crippen molar-refractivity contribution in [1.29, 1.82) is 0 Å². The lowest BCUT2D eigenvalue weighted by Gasteiger charge is -2.25. The largest absolute Gasteiger partial charge is 0.289 e. The molecule has 11 nitrogen and oxygen atoms in total. The normalized spacial score (nSPS) is 16.6. The Morgan fingerprint density at radius 3 is 1.35 bits per heavy atom. The summed E-state index contributed by atoms with van der Waals surface area (Å²) >= 11 is 0. The van der Waals surface area contributed by atoms with E-state index in [4.69, 9.17) is 0 Å². The van der Waals surface area contributed by atoms with Gasteiger partial charge in [0.1, 0.15) is 11.6 Å². The van der Waals surface area contributed by atoms with E-state index in [0.717, 1.165) is 34.0 Å². The van der Waals surface area contributed by atoms with Crippen molar-refractivity contribution in [3.05, 3.63) is 118 Å². The number of hydrogen-bond acceptors (Lipinski definition) is 9. The van der Waals surface area contributed by atoms with Gasteiger partial charge in [-0.25, -0.2) is 54.2 Å². The van der Waals surface area contributed by atoms with Crippen molar-refractivity contribution in [1.82, 2.24) is 19.9 Å². The molecule has 1 saturated carbocycles. The number of ketones is 1. The lowest BCUT2D eigenvalue weighted by molar-refractivity contribution is -0.113. The van der Waals surface area contributed by atoms with E-state index in [2.05, 4.69) is 26.9 Å². The third kappa shape index (κ3) is 10.8. The van der Waals surface area contributed by atoms with Crippen LogP contribution in [0, 0.1) is 17.6 Å². The molecule has 2 aromatic heterocycles. The number of benzene rings is 2. The Morgan fingerprint density at radius 2 is 1.03 bits per heavy atom. The lowest BCUT2D eigenvalue weighted by atomic mass is 9.78. The first-order chi connectivity index (χ1) is 28.2. The van der Waals surface area contributed by atoms with Crippen LogP contribution in [0.1, 0.15) is 94.7 Å². The van der Waals surface area contributed by atoms with Crippen LogP contribution in [0.5, 0.6) is 0 Å². The lowest BCUT2D eigenvalue weighted by Crippen LogP contribution is -2.27. The van der Waals surface area contributed by atoms with E-state index in [-0.39, 0.29) is 35.4 Å². The van der Waals surface area contributed by atoms with Crippen LogP contribution in [-0.2, 0) is 24.8 Å². The Bertz CT molecular complexity index is 2410. The van der Waals surface area contributed by atoms with Crippen molar-refractivity contribution in [2.24, 2.45) is 5.92 Å². The van der Waals surface area contributed by atoms with Gasteiger partial charge >= 0.3 is 0 Å². The molecule has 0 aliphatic heterocycles. The Hall–Kier alpha value is -5.41. The molecule has 0 bridgehead atoms. The summed E-state index contributed by atoms with van der Waals surface area (Å²) in [6.45, 7) is 9.84. The summed E-state index contributed by atoms with van der Waals surface area (Å²) in [4.78, 5) is 32.7. The van der Waals surface area contributed by atoms with Crippen molar-refractivity contribution >= 4 is 49.9 Å². The molecule has 318 valence electrons. The molecule has 0 spiro atoms. The average molecular weight is 859 g/mol. The Balaban J connectivity index is 1.58. The second-order valence-electron chi connectivity index (χ2n) is 15.6. The van der Waals surface area contributed by atoms with Crippen molar-refractivity contribution in [2.45, 2.75) is 72.1 Å². The highest BCUT2D eigenvalue weighted by atomic mass is 32.2. The number of carbonyl (C=O) groups is 1. The molecule has 2 aromatic carbocycles.